The highest BCUT2D eigenvalue weighted by molar-refractivity contribution is 14.1. The first-order valence-corrected chi connectivity index (χ1v) is 7.85. The highest BCUT2D eigenvalue weighted by atomic mass is 127. The molecule has 2 rings (SSSR count). The maximum Gasteiger partial charge on any atom is 0.229 e. The molecule has 1 aromatic carbocycles. The topological polar surface area (TPSA) is 55.4 Å². The van der Waals surface area contributed by atoms with Crippen LogP contribution in [0.15, 0.2) is 18.2 Å². The van der Waals surface area contributed by atoms with E-state index in [1.807, 2.05) is 6.07 Å². The van der Waals surface area contributed by atoms with Gasteiger partial charge in [-0.1, -0.05) is 0 Å². The largest absolute Gasteiger partial charge is 0.488 e. The van der Waals surface area contributed by atoms with E-state index < -0.39 is 10.0 Å². The van der Waals surface area contributed by atoms with Crippen molar-refractivity contribution in [3.05, 3.63) is 21.8 Å². The minimum Gasteiger partial charge on any atom is -0.488 e. The van der Waals surface area contributed by atoms with Crippen LogP contribution in [0.5, 0.6) is 5.75 Å². The van der Waals surface area contributed by atoms with E-state index in [-0.39, 0.29) is 6.10 Å². The molecule has 6 heteroatoms. The Morgan fingerprint density at radius 2 is 2.12 bits per heavy atom. The molecule has 0 radical (unpaired) electrons. The van der Waals surface area contributed by atoms with Crippen LogP contribution in [0.2, 0.25) is 0 Å². The second kappa shape index (κ2) is 4.40. The number of halogens is 1. The van der Waals surface area contributed by atoms with Crippen molar-refractivity contribution in [2.75, 3.05) is 11.0 Å². The van der Waals surface area contributed by atoms with Crippen LogP contribution in [0.3, 0.4) is 0 Å². The summed E-state index contributed by atoms with van der Waals surface area (Å²) < 4.78 is 31.5. The van der Waals surface area contributed by atoms with Gasteiger partial charge < -0.3 is 4.74 Å². The number of rotatable bonds is 4. The lowest BCUT2D eigenvalue weighted by Gasteiger charge is -2.12. The molecule has 0 amide bonds. The van der Waals surface area contributed by atoms with Crippen LogP contribution in [0.4, 0.5) is 5.69 Å². The van der Waals surface area contributed by atoms with Crippen molar-refractivity contribution in [3.8, 4) is 5.75 Å². The first-order valence-electron chi connectivity index (χ1n) is 4.88. The Hall–Kier alpha value is -0.500. The number of hydrogen-bond donors (Lipinski definition) is 1. The predicted octanol–water partition coefficient (Wildman–Crippen LogP) is 2.20. The Bertz CT molecular complexity index is 497. The fourth-order valence-electron chi connectivity index (χ4n) is 1.25. The molecule has 16 heavy (non-hydrogen) atoms. The third kappa shape index (κ3) is 3.51. The van der Waals surface area contributed by atoms with Crippen molar-refractivity contribution in [2.24, 2.45) is 0 Å². The third-order valence-electron chi connectivity index (χ3n) is 2.05. The van der Waals surface area contributed by atoms with Gasteiger partial charge in [-0.25, -0.2) is 8.42 Å². The minimum atomic E-state index is -3.27. The lowest BCUT2D eigenvalue weighted by Crippen LogP contribution is -2.11. The van der Waals surface area contributed by atoms with Gasteiger partial charge in [-0.2, -0.15) is 0 Å². The first-order chi connectivity index (χ1) is 7.44. The maximum absolute atomic E-state index is 11.2. The van der Waals surface area contributed by atoms with Gasteiger partial charge >= 0.3 is 0 Å². The fourth-order valence-corrected chi connectivity index (χ4v) is 2.30. The highest BCUT2D eigenvalue weighted by Gasteiger charge is 2.25. The second-order valence-corrected chi connectivity index (χ2v) is 6.83. The number of nitrogens with one attached hydrogen (secondary N) is 1. The molecule has 0 atom stereocenters. The van der Waals surface area contributed by atoms with E-state index in [0.717, 1.165) is 22.7 Å². The van der Waals surface area contributed by atoms with Gasteiger partial charge in [0.15, 0.2) is 0 Å². The van der Waals surface area contributed by atoms with E-state index >= 15 is 0 Å². The molecule has 4 nitrogen and oxygen atoms in total. The van der Waals surface area contributed by atoms with Crippen molar-refractivity contribution in [1.29, 1.82) is 0 Å². The molecular weight excluding hydrogens is 341 g/mol. The van der Waals surface area contributed by atoms with E-state index in [4.69, 9.17) is 4.74 Å². The van der Waals surface area contributed by atoms with E-state index in [1.54, 1.807) is 12.1 Å². The van der Waals surface area contributed by atoms with Crippen LogP contribution in [0.25, 0.3) is 0 Å². The summed E-state index contributed by atoms with van der Waals surface area (Å²) in [6.45, 7) is 0. The molecule has 0 aliphatic heterocycles. The van der Waals surface area contributed by atoms with Crippen molar-refractivity contribution < 1.29 is 13.2 Å². The summed E-state index contributed by atoms with van der Waals surface area (Å²) in [5.41, 5.74) is 0.515. The van der Waals surface area contributed by atoms with Gasteiger partial charge in [-0.3, -0.25) is 4.72 Å². The molecule has 0 heterocycles. The number of ether oxygens (including phenoxy) is 1. The van der Waals surface area contributed by atoms with Crippen LogP contribution >= 0.6 is 22.6 Å². The predicted molar refractivity (Wildman–Crippen MR) is 71.3 cm³/mol. The molecule has 1 fully saturated rings. The monoisotopic (exact) mass is 353 g/mol. The molecule has 0 spiro atoms. The zero-order valence-corrected chi connectivity index (χ0v) is 11.7. The minimum absolute atomic E-state index is 0.250. The molecule has 1 N–H and O–H groups in total. The molecule has 0 saturated heterocycles. The van der Waals surface area contributed by atoms with Gasteiger partial charge in [0.2, 0.25) is 10.0 Å². The van der Waals surface area contributed by atoms with Gasteiger partial charge in [0, 0.05) is 3.57 Å². The number of sulfonamides is 1. The van der Waals surface area contributed by atoms with Gasteiger partial charge in [-0.05, 0) is 53.6 Å². The lowest BCUT2D eigenvalue weighted by molar-refractivity contribution is 0.305. The highest BCUT2D eigenvalue weighted by Crippen LogP contribution is 2.33. The third-order valence-corrected chi connectivity index (χ3v) is 3.32. The van der Waals surface area contributed by atoms with E-state index in [0.29, 0.717) is 11.4 Å². The van der Waals surface area contributed by atoms with Gasteiger partial charge in [0.1, 0.15) is 5.75 Å². The van der Waals surface area contributed by atoms with Crippen molar-refractivity contribution >= 4 is 38.3 Å². The number of benzene rings is 1. The summed E-state index contributed by atoms with van der Waals surface area (Å²) in [4.78, 5) is 0. The summed E-state index contributed by atoms with van der Waals surface area (Å²) in [7, 11) is -3.27. The van der Waals surface area contributed by atoms with Crippen LogP contribution in [-0.2, 0) is 10.0 Å². The first kappa shape index (κ1) is 12.0. The van der Waals surface area contributed by atoms with Crippen LogP contribution < -0.4 is 9.46 Å². The van der Waals surface area contributed by atoms with Gasteiger partial charge in [0.25, 0.3) is 0 Å². The summed E-state index contributed by atoms with van der Waals surface area (Å²) in [6, 6.07) is 5.46. The van der Waals surface area contributed by atoms with Crippen LogP contribution in [-0.4, -0.2) is 20.8 Å². The molecule has 1 aromatic rings. The summed E-state index contributed by atoms with van der Waals surface area (Å²) >= 11 is 2.13. The van der Waals surface area contributed by atoms with Gasteiger partial charge in [0.05, 0.1) is 18.0 Å². The average molecular weight is 353 g/mol. The molecule has 1 aliphatic carbocycles. The smallest absolute Gasteiger partial charge is 0.229 e. The summed E-state index contributed by atoms with van der Waals surface area (Å²) in [5.74, 6) is 0.605. The lowest BCUT2D eigenvalue weighted by atomic mass is 10.3. The Kier molecular flexibility index (Phi) is 3.29. The molecule has 88 valence electrons. The van der Waals surface area contributed by atoms with Crippen molar-refractivity contribution in [2.45, 2.75) is 18.9 Å². The zero-order chi connectivity index (χ0) is 11.8. The summed E-state index contributed by atoms with van der Waals surface area (Å²) in [5, 5.41) is 0. The molecule has 1 aliphatic rings. The number of anilines is 1. The molecule has 1 saturated carbocycles. The quantitative estimate of drug-likeness (QED) is 0.845. The molecule has 0 aromatic heterocycles. The van der Waals surface area contributed by atoms with Crippen molar-refractivity contribution in [3.63, 3.8) is 0 Å². The Morgan fingerprint density at radius 1 is 1.44 bits per heavy atom. The normalized spacial score (nSPS) is 15.9. The van der Waals surface area contributed by atoms with Crippen LogP contribution in [0.1, 0.15) is 12.8 Å². The molecule has 0 unspecified atom stereocenters. The van der Waals surface area contributed by atoms with Gasteiger partial charge in [-0.15, -0.1) is 0 Å². The van der Waals surface area contributed by atoms with E-state index in [1.165, 1.54) is 0 Å². The molecular formula is C10H12INO3S. The second-order valence-electron chi connectivity index (χ2n) is 3.83. The maximum atomic E-state index is 11.2. The Morgan fingerprint density at radius 3 is 2.69 bits per heavy atom. The van der Waals surface area contributed by atoms with Crippen LogP contribution in [0, 0.1) is 3.57 Å². The zero-order valence-electron chi connectivity index (χ0n) is 8.73. The number of hydrogen-bond acceptors (Lipinski definition) is 3. The SMILES string of the molecule is CS(=O)(=O)Nc1cc(I)ccc1OC1CC1. The van der Waals surface area contributed by atoms with E-state index in [9.17, 15) is 8.42 Å². The average Bonchev–Trinajstić information content (AvgIpc) is 2.91. The Labute approximate surface area is 109 Å². The molecule has 0 bridgehead atoms. The fraction of sp³-hybridized carbons (Fsp3) is 0.400. The van der Waals surface area contributed by atoms with E-state index in [2.05, 4.69) is 27.3 Å². The standard InChI is InChI=1S/C10H12INO3S/c1-16(13,14)12-9-6-7(11)2-5-10(9)15-8-3-4-8/h2,5-6,8,12H,3-4H2,1H3. The van der Waals surface area contributed by atoms with Crippen molar-refractivity contribution in [1.82, 2.24) is 0 Å². The summed E-state index contributed by atoms with van der Waals surface area (Å²) in [6.07, 6.45) is 3.47. The Balaban J connectivity index is 2.27.